The smallest absolute Gasteiger partial charge is 0.255 e. The minimum atomic E-state index is -2.71. The Kier molecular flexibility index (Phi) is 9.74. The number of aliphatic hydroxyl groups excluding tert-OH is 2. The molecule has 1 amide bonds. The van der Waals surface area contributed by atoms with E-state index in [0.29, 0.717) is 17.8 Å². The van der Waals surface area contributed by atoms with Crippen LogP contribution < -0.4 is 16.4 Å². The van der Waals surface area contributed by atoms with Crippen molar-refractivity contribution in [2.45, 2.75) is 63.0 Å². The summed E-state index contributed by atoms with van der Waals surface area (Å²) in [5.74, 6) is -6.78. The van der Waals surface area contributed by atoms with Crippen LogP contribution in [0.4, 0.5) is 11.4 Å². The van der Waals surface area contributed by atoms with Crippen LogP contribution in [0.15, 0.2) is 28.0 Å². The number of nitrogens with two attached hydrogens (primary N) is 2. The van der Waals surface area contributed by atoms with Crippen LogP contribution in [0.25, 0.3) is 5.76 Å². The number of nitrogens with zero attached hydrogens (tertiary/aromatic N) is 6. The van der Waals surface area contributed by atoms with Crippen molar-refractivity contribution < 1.29 is 34.8 Å². The van der Waals surface area contributed by atoms with Crippen molar-refractivity contribution in [3.8, 4) is 5.75 Å². The third kappa shape index (κ3) is 5.84. The molecule has 272 valence electrons. The molecule has 2 heterocycles. The number of primary amides is 1. The number of hydrogen-bond acceptors (Lipinski definition) is 13. The maximum absolute atomic E-state index is 14.3. The predicted molar refractivity (Wildman–Crippen MR) is 187 cm³/mol. The second kappa shape index (κ2) is 13.6. The van der Waals surface area contributed by atoms with Crippen molar-refractivity contribution in [1.29, 1.82) is 0 Å². The Morgan fingerprint density at radius 3 is 2.06 bits per heavy atom. The fourth-order valence-electron chi connectivity index (χ4n) is 8.69. The van der Waals surface area contributed by atoms with Crippen molar-refractivity contribution in [3.63, 3.8) is 0 Å². The molecule has 1 aromatic rings. The van der Waals surface area contributed by atoms with Gasteiger partial charge in [-0.1, -0.05) is 12.8 Å². The quantitative estimate of drug-likeness (QED) is 0.128. The number of ketones is 2. The maximum atomic E-state index is 14.3. The molecule has 2 aliphatic heterocycles. The number of rotatable bonds is 8. The molecule has 0 aromatic heterocycles. The van der Waals surface area contributed by atoms with Gasteiger partial charge in [-0.05, 0) is 70.2 Å². The summed E-state index contributed by atoms with van der Waals surface area (Å²) in [5, 5.41) is 53.5. The van der Waals surface area contributed by atoms with Crippen molar-refractivity contribution in [1.82, 2.24) is 20.0 Å². The van der Waals surface area contributed by atoms with Crippen LogP contribution in [0.1, 0.15) is 56.1 Å². The minimum absolute atomic E-state index is 0.00901. The number of anilines is 1. The Morgan fingerprint density at radius 1 is 0.960 bits per heavy atom. The molecule has 0 bridgehead atoms. The maximum Gasteiger partial charge on any atom is 0.255 e. The number of phenolic OH excluding ortho intramolecular Hbond substituents is 1. The van der Waals surface area contributed by atoms with Crippen LogP contribution in [0.3, 0.4) is 0 Å². The standard InChI is InChI=1S/C35H50N8O7/c1-39(2)23-17-22(38-24(36)18-43(41-11-7-5-8-12-41)42-13-9-6-10-14-42)29(44)26-20(23)15-19-16-21-28(40(3)4)31(46)27(34(37)49)33(48)35(21,50)32(47)25(19)30(26)45/h17,19,21,28,44-45,48,50H,5-16,18H2,1-4H3,(H2,36,38)(H2,37,49)/t19?,21?,28-,35-/m0/s1. The van der Waals surface area contributed by atoms with Gasteiger partial charge in [0.1, 0.15) is 28.6 Å². The molecule has 15 heteroatoms. The number of piperidine rings is 2. The number of aliphatic hydroxyl groups is 3. The number of Topliss-reactive ketones (excluding diaryl/α,β-unsaturated/α-hetero) is 2. The van der Waals surface area contributed by atoms with Crippen molar-refractivity contribution in [2.24, 2.45) is 28.3 Å². The molecule has 1 aromatic carbocycles. The monoisotopic (exact) mass is 694 g/mol. The molecule has 1 saturated carbocycles. The van der Waals surface area contributed by atoms with Gasteiger partial charge in [-0.15, -0.1) is 0 Å². The largest absolute Gasteiger partial charge is 0.508 e. The van der Waals surface area contributed by atoms with Gasteiger partial charge in [-0.3, -0.25) is 19.3 Å². The Balaban J connectivity index is 1.43. The van der Waals surface area contributed by atoms with Gasteiger partial charge in [-0.25, -0.2) is 15.0 Å². The normalized spacial score (nSPS) is 28.2. The van der Waals surface area contributed by atoms with Crippen molar-refractivity contribution >= 4 is 40.4 Å². The lowest BCUT2D eigenvalue weighted by atomic mass is 9.57. The van der Waals surface area contributed by atoms with Gasteiger partial charge in [0.25, 0.3) is 5.91 Å². The van der Waals surface area contributed by atoms with E-state index in [9.17, 15) is 34.8 Å². The Labute approximate surface area is 292 Å². The zero-order chi connectivity index (χ0) is 36.2. The average molecular weight is 695 g/mol. The molecular formula is C35H50N8O7. The summed E-state index contributed by atoms with van der Waals surface area (Å²) < 4.78 is 0. The summed E-state index contributed by atoms with van der Waals surface area (Å²) >= 11 is 0. The molecular weight excluding hydrogens is 644 g/mol. The SMILES string of the molecule is CN(C)c1cc(N=C(N)CN(N2CCCCC2)N2CCCCC2)c(O)c2c1CC1CC3[C@H](N(C)C)C(=O)C(C(N)=O)=C(O)[C@@]3(O)C(=O)C1=C2O. The van der Waals surface area contributed by atoms with Gasteiger partial charge < -0.3 is 36.8 Å². The summed E-state index contributed by atoms with van der Waals surface area (Å²) in [7, 11) is 6.77. The van der Waals surface area contributed by atoms with Crippen LogP contribution in [0, 0.1) is 11.8 Å². The van der Waals surface area contributed by atoms with E-state index in [1.807, 2.05) is 19.0 Å². The highest BCUT2D eigenvalue weighted by atomic mass is 16.3. The predicted octanol–water partition coefficient (Wildman–Crippen LogP) is 1.12. The van der Waals surface area contributed by atoms with Crippen LogP contribution in [0.2, 0.25) is 0 Å². The van der Waals surface area contributed by atoms with E-state index in [4.69, 9.17) is 11.5 Å². The highest BCUT2D eigenvalue weighted by molar-refractivity contribution is 6.24. The number of aromatic hydroxyl groups is 1. The average Bonchev–Trinajstić information content (AvgIpc) is 3.06. The number of amidine groups is 1. The van der Waals surface area contributed by atoms with Crippen LogP contribution in [-0.2, 0) is 20.8 Å². The molecule has 2 unspecified atom stereocenters. The van der Waals surface area contributed by atoms with Gasteiger partial charge in [0.05, 0.1) is 18.2 Å². The van der Waals surface area contributed by atoms with E-state index in [1.54, 1.807) is 20.2 Å². The number of phenols is 1. The summed E-state index contributed by atoms with van der Waals surface area (Å²) in [6, 6.07) is 0.552. The van der Waals surface area contributed by atoms with Gasteiger partial charge >= 0.3 is 0 Å². The molecule has 50 heavy (non-hydrogen) atoms. The fraction of sp³-hybridized carbons (Fsp3) is 0.600. The van der Waals surface area contributed by atoms with Gasteiger partial charge in [-0.2, -0.15) is 5.12 Å². The molecule has 15 nitrogen and oxygen atoms in total. The molecule has 3 fully saturated rings. The van der Waals surface area contributed by atoms with Gasteiger partial charge in [0, 0.05) is 57.5 Å². The summed E-state index contributed by atoms with van der Waals surface area (Å²) in [6.45, 7) is 3.96. The van der Waals surface area contributed by atoms with E-state index < -0.39 is 58.0 Å². The number of carbonyl (C=O) groups excluding carboxylic acids is 3. The second-order valence-electron chi connectivity index (χ2n) is 14.6. The second-order valence-corrected chi connectivity index (χ2v) is 14.6. The van der Waals surface area contributed by atoms with Crippen molar-refractivity contribution in [2.75, 3.05) is 65.8 Å². The Bertz CT molecular complexity index is 1660. The first-order valence-electron chi connectivity index (χ1n) is 17.5. The molecule has 4 atom stereocenters. The lowest BCUT2D eigenvalue weighted by molar-refractivity contribution is -0.188. The summed E-state index contributed by atoms with van der Waals surface area (Å²) in [5.41, 5.74) is 9.55. The lowest BCUT2D eigenvalue weighted by Crippen LogP contribution is -2.65. The molecule has 6 rings (SSSR count). The van der Waals surface area contributed by atoms with Crippen LogP contribution >= 0.6 is 0 Å². The summed E-state index contributed by atoms with van der Waals surface area (Å²) in [4.78, 5) is 48.0. The highest BCUT2D eigenvalue weighted by Crippen LogP contribution is 2.55. The number of carbonyl (C=O) groups is 3. The number of fused-ring (bicyclic) bond motifs is 3. The molecule has 2 saturated heterocycles. The van der Waals surface area contributed by atoms with E-state index in [1.165, 1.54) is 17.7 Å². The molecule has 8 N–H and O–H groups in total. The number of likely N-dealkylation sites (N-methyl/N-ethyl adjacent to an activating group) is 1. The van der Waals surface area contributed by atoms with Crippen molar-refractivity contribution in [3.05, 3.63) is 34.1 Å². The zero-order valence-electron chi connectivity index (χ0n) is 29.4. The molecule has 5 aliphatic rings. The minimum Gasteiger partial charge on any atom is -0.508 e. The number of amides is 1. The van der Waals surface area contributed by atoms with E-state index in [2.05, 4.69) is 20.1 Å². The van der Waals surface area contributed by atoms with Gasteiger partial charge in [0.15, 0.2) is 17.1 Å². The molecule has 0 spiro atoms. The third-order valence-corrected chi connectivity index (χ3v) is 11.0. The molecule has 0 radical (unpaired) electrons. The van der Waals surface area contributed by atoms with Crippen LogP contribution in [-0.4, -0.2) is 136 Å². The molecule has 3 aliphatic carbocycles. The van der Waals surface area contributed by atoms with E-state index in [0.717, 1.165) is 51.9 Å². The number of aliphatic imine (C=N–C) groups is 1. The van der Waals surface area contributed by atoms with E-state index >= 15 is 0 Å². The topological polar surface area (TPSA) is 213 Å². The number of benzene rings is 1. The lowest BCUT2D eigenvalue weighted by Gasteiger charge is -2.50. The van der Waals surface area contributed by atoms with Crippen LogP contribution in [0.5, 0.6) is 5.75 Å². The highest BCUT2D eigenvalue weighted by Gasteiger charge is 2.64. The van der Waals surface area contributed by atoms with Gasteiger partial charge in [0.2, 0.25) is 5.78 Å². The number of hydrogen-bond donors (Lipinski definition) is 6. The Morgan fingerprint density at radius 2 is 1.54 bits per heavy atom. The third-order valence-electron chi connectivity index (χ3n) is 11.0. The number of hydrazine groups is 2. The van der Waals surface area contributed by atoms with E-state index in [-0.39, 0.29) is 41.3 Å². The first-order chi connectivity index (χ1) is 23.7. The zero-order valence-corrected chi connectivity index (χ0v) is 29.4. The first-order valence-corrected chi connectivity index (χ1v) is 17.5. The summed E-state index contributed by atoms with van der Waals surface area (Å²) in [6.07, 6.45) is 6.90. The first kappa shape index (κ1) is 35.8. The Hall–Kier alpha value is -4.02. The fourth-order valence-corrected chi connectivity index (χ4v) is 8.69.